The van der Waals surface area contributed by atoms with Crippen molar-refractivity contribution in [2.45, 2.75) is 31.7 Å². The number of aliphatic hydroxyl groups excluding tert-OH is 1. The van der Waals surface area contributed by atoms with Crippen molar-refractivity contribution in [1.82, 2.24) is 5.32 Å². The Kier molecular flexibility index (Phi) is 3.94. The molecule has 3 nitrogen and oxygen atoms in total. The molecule has 0 spiro atoms. The van der Waals surface area contributed by atoms with Gasteiger partial charge in [0.1, 0.15) is 12.4 Å². The highest BCUT2D eigenvalue weighted by molar-refractivity contribution is 5.94. The molecule has 110 valence electrons. The molecule has 3 rings (SSSR count). The number of benzene rings is 1. The molecule has 1 aromatic carbocycles. The van der Waals surface area contributed by atoms with Crippen LogP contribution in [0.4, 0.5) is 4.39 Å². The van der Waals surface area contributed by atoms with Crippen LogP contribution in [0.15, 0.2) is 18.2 Å². The Labute approximate surface area is 123 Å². The summed E-state index contributed by atoms with van der Waals surface area (Å²) in [5.41, 5.74) is 0.519. The second kappa shape index (κ2) is 5.87. The van der Waals surface area contributed by atoms with Gasteiger partial charge in [-0.15, -0.1) is 0 Å². The summed E-state index contributed by atoms with van der Waals surface area (Å²) in [6.07, 6.45) is 4.67. The molecule has 4 heteroatoms. The van der Waals surface area contributed by atoms with E-state index in [1.807, 2.05) is 0 Å². The molecule has 21 heavy (non-hydrogen) atoms. The largest absolute Gasteiger partial charge is 0.384 e. The van der Waals surface area contributed by atoms with Gasteiger partial charge in [-0.3, -0.25) is 4.79 Å². The molecule has 0 saturated heterocycles. The van der Waals surface area contributed by atoms with E-state index < -0.39 is 5.82 Å². The van der Waals surface area contributed by atoms with Crippen molar-refractivity contribution >= 4 is 5.91 Å². The van der Waals surface area contributed by atoms with Gasteiger partial charge in [-0.1, -0.05) is 18.3 Å². The number of nitrogens with one attached hydrogen (secondary N) is 1. The molecule has 0 aliphatic heterocycles. The third-order valence-corrected chi connectivity index (χ3v) is 4.58. The highest BCUT2D eigenvalue weighted by Gasteiger charge is 2.40. The lowest BCUT2D eigenvalue weighted by Crippen LogP contribution is -2.38. The van der Waals surface area contributed by atoms with Crippen molar-refractivity contribution in [1.29, 1.82) is 0 Å². The maximum absolute atomic E-state index is 14.0. The quantitative estimate of drug-likeness (QED) is 0.818. The molecule has 2 saturated carbocycles. The molecule has 3 atom stereocenters. The van der Waals surface area contributed by atoms with Crippen LogP contribution in [0.1, 0.15) is 41.6 Å². The highest BCUT2D eigenvalue weighted by Crippen LogP contribution is 2.44. The number of amides is 1. The highest BCUT2D eigenvalue weighted by atomic mass is 19.1. The summed E-state index contributed by atoms with van der Waals surface area (Å²) in [5.74, 6) is 5.47. The monoisotopic (exact) mass is 287 g/mol. The molecular weight excluding hydrogens is 269 g/mol. The van der Waals surface area contributed by atoms with Crippen LogP contribution in [0.3, 0.4) is 0 Å². The number of hydrogen-bond acceptors (Lipinski definition) is 2. The predicted octanol–water partition coefficient (Wildman–Crippen LogP) is 2.09. The summed E-state index contributed by atoms with van der Waals surface area (Å²) >= 11 is 0. The molecule has 0 radical (unpaired) electrons. The van der Waals surface area contributed by atoms with Crippen LogP contribution >= 0.6 is 0 Å². The minimum Gasteiger partial charge on any atom is -0.384 e. The number of rotatable bonds is 2. The van der Waals surface area contributed by atoms with Crippen LogP contribution in [-0.2, 0) is 0 Å². The van der Waals surface area contributed by atoms with Crippen molar-refractivity contribution in [2.24, 2.45) is 11.8 Å². The molecule has 2 fully saturated rings. The number of fused-ring (bicyclic) bond motifs is 2. The maximum atomic E-state index is 14.0. The number of carbonyl (C=O) groups excluding carboxylic acids is 1. The fourth-order valence-electron chi connectivity index (χ4n) is 3.59. The van der Waals surface area contributed by atoms with Gasteiger partial charge in [0.2, 0.25) is 0 Å². The van der Waals surface area contributed by atoms with Gasteiger partial charge in [0, 0.05) is 11.6 Å². The molecule has 1 amide bonds. The molecule has 2 aliphatic rings. The predicted molar refractivity (Wildman–Crippen MR) is 77.1 cm³/mol. The fraction of sp³-hybridized carbons (Fsp3) is 0.471. The smallest absolute Gasteiger partial charge is 0.254 e. The van der Waals surface area contributed by atoms with Crippen molar-refractivity contribution in [2.75, 3.05) is 6.61 Å². The Hall–Kier alpha value is -1.86. The van der Waals surface area contributed by atoms with E-state index in [4.69, 9.17) is 5.11 Å². The standard InChI is InChI=1S/C17H18FNO2/c18-15-9-11(2-1-7-20)4-6-14(15)17(21)19-16-10-12-3-5-13(16)8-12/h4,6,9,12-13,16,20H,3,5,7-8,10H2,(H,19,21). The number of aliphatic hydroxyl groups is 1. The van der Waals surface area contributed by atoms with Crippen LogP contribution in [0.2, 0.25) is 0 Å². The van der Waals surface area contributed by atoms with Crippen molar-refractivity contribution in [3.8, 4) is 11.8 Å². The van der Waals surface area contributed by atoms with E-state index in [1.54, 1.807) is 6.07 Å². The van der Waals surface area contributed by atoms with Crippen molar-refractivity contribution in [3.63, 3.8) is 0 Å². The SMILES string of the molecule is O=C(NC1CC2CCC1C2)c1ccc(C#CCO)cc1F. The van der Waals surface area contributed by atoms with Crippen LogP contribution in [0.5, 0.6) is 0 Å². The normalized spacial score (nSPS) is 26.3. The van der Waals surface area contributed by atoms with Crippen LogP contribution in [0, 0.1) is 29.5 Å². The zero-order valence-corrected chi connectivity index (χ0v) is 11.7. The lowest BCUT2D eigenvalue weighted by atomic mass is 9.95. The van der Waals surface area contributed by atoms with Gasteiger partial charge in [-0.2, -0.15) is 0 Å². The first kappa shape index (κ1) is 14.1. The Morgan fingerprint density at radius 2 is 2.24 bits per heavy atom. The molecule has 0 aromatic heterocycles. The van der Waals surface area contributed by atoms with E-state index in [0.717, 1.165) is 12.3 Å². The van der Waals surface area contributed by atoms with Crippen LogP contribution in [0.25, 0.3) is 0 Å². The first-order chi connectivity index (χ1) is 10.2. The lowest BCUT2D eigenvalue weighted by molar-refractivity contribution is 0.0919. The zero-order chi connectivity index (χ0) is 14.8. The molecular formula is C17H18FNO2. The molecule has 2 bridgehead atoms. The minimum atomic E-state index is -0.569. The van der Waals surface area contributed by atoms with Gasteiger partial charge in [-0.05, 0) is 49.3 Å². The summed E-state index contributed by atoms with van der Waals surface area (Å²) in [7, 11) is 0. The first-order valence-corrected chi connectivity index (χ1v) is 7.37. The van der Waals surface area contributed by atoms with Crippen LogP contribution in [-0.4, -0.2) is 23.7 Å². The van der Waals surface area contributed by atoms with E-state index in [-0.39, 0.29) is 24.1 Å². The average Bonchev–Trinajstić information content (AvgIpc) is 3.07. The van der Waals surface area contributed by atoms with E-state index >= 15 is 0 Å². The van der Waals surface area contributed by atoms with Gasteiger partial charge in [0.15, 0.2) is 0 Å². The van der Waals surface area contributed by atoms with E-state index in [1.165, 1.54) is 31.4 Å². The summed E-state index contributed by atoms with van der Waals surface area (Å²) in [5, 5.41) is 11.6. The molecule has 1 aromatic rings. The number of hydrogen-bond donors (Lipinski definition) is 2. The molecule has 0 heterocycles. The summed E-state index contributed by atoms with van der Waals surface area (Å²) in [6.45, 7) is -0.270. The van der Waals surface area contributed by atoms with E-state index in [9.17, 15) is 9.18 Å². The van der Waals surface area contributed by atoms with Crippen LogP contribution < -0.4 is 5.32 Å². The van der Waals surface area contributed by atoms with Gasteiger partial charge >= 0.3 is 0 Å². The van der Waals surface area contributed by atoms with Crippen molar-refractivity contribution in [3.05, 3.63) is 35.1 Å². The summed E-state index contributed by atoms with van der Waals surface area (Å²) in [6, 6.07) is 4.49. The minimum absolute atomic E-state index is 0.0623. The summed E-state index contributed by atoms with van der Waals surface area (Å²) in [4.78, 5) is 12.2. The summed E-state index contributed by atoms with van der Waals surface area (Å²) < 4.78 is 14.0. The third-order valence-electron chi connectivity index (χ3n) is 4.58. The maximum Gasteiger partial charge on any atom is 0.254 e. The van der Waals surface area contributed by atoms with Crippen molar-refractivity contribution < 1.29 is 14.3 Å². The Morgan fingerprint density at radius 1 is 1.38 bits per heavy atom. The average molecular weight is 287 g/mol. The second-order valence-electron chi connectivity index (χ2n) is 5.91. The molecule has 2 N–H and O–H groups in total. The fourth-order valence-corrected chi connectivity index (χ4v) is 3.59. The Morgan fingerprint density at radius 3 is 2.86 bits per heavy atom. The molecule has 2 aliphatic carbocycles. The lowest BCUT2D eigenvalue weighted by Gasteiger charge is -2.23. The Bertz CT molecular complexity index is 617. The number of carbonyl (C=O) groups is 1. The number of halogens is 1. The first-order valence-electron chi connectivity index (χ1n) is 7.37. The second-order valence-corrected chi connectivity index (χ2v) is 5.91. The van der Waals surface area contributed by atoms with Gasteiger partial charge in [0.05, 0.1) is 5.56 Å². The van der Waals surface area contributed by atoms with Gasteiger partial charge < -0.3 is 10.4 Å². The van der Waals surface area contributed by atoms with E-state index in [2.05, 4.69) is 17.2 Å². The van der Waals surface area contributed by atoms with Gasteiger partial charge in [-0.25, -0.2) is 4.39 Å². The zero-order valence-electron chi connectivity index (χ0n) is 11.7. The topological polar surface area (TPSA) is 49.3 Å². The third kappa shape index (κ3) is 2.93. The Balaban J connectivity index is 1.70. The molecule has 3 unspecified atom stereocenters. The van der Waals surface area contributed by atoms with E-state index in [0.29, 0.717) is 11.5 Å². The van der Waals surface area contributed by atoms with Gasteiger partial charge in [0.25, 0.3) is 5.91 Å².